The summed E-state index contributed by atoms with van der Waals surface area (Å²) in [5.41, 5.74) is 6.69. The van der Waals surface area contributed by atoms with Gasteiger partial charge in [0.15, 0.2) is 0 Å². The Labute approximate surface area is 196 Å². The Kier molecular flexibility index (Phi) is 7.59. The van der Waals surface area contributed by atoms with Crippen molar-refractivity contribution in [2.24, 2.45) is 0 Å². The number of benzene rings is 3. The lowest BCUT2D eigenvalue weighted by Gasteiger charge is -2.20. The van der Waals surface area contributed by atoms with E-state index in [-0.39, 0.29) is 11.9 Å². The second-order valence-corrected chi connectivity index (χ2v) is 8.77. The minimum Gasteiger partial charge on any atom is -0.361 e. The molecule has 4 heteroatoms. The van der Waals surface area contributed by atoms with Crippen LogP contribution in [0.25, 0.3) is 10.9 Å². The van der Waals surface area contributed by atoms with Crippen molar-refractivity contribution in [3.05, 3.63) is 101 Å². The van der Waals surface area contributed by atoms with E-state index >= 15 is 0 Å². The maximum absolute atomic E-state index is 13.4. The highest BCUT2D eigenvalue weighted by atomic mass is 16.2. The zero-order valence-corrected chi connectivity index (χ0v) is 19.5. The lowest BCUT2D eigenvalue weighted by Crippen LogP contribution is -2.42. The number of aromatic nitrogens is 1. The number of aromatic amines is 1. The van der Waals surface area contributed by atoms with Gasteiger partial charge in [0, 0.05) is 22.8 Å². The zero-order chi connectivity index (χ0) is 23.0. The first kappa shape index (κ1) is 22.8. The van der Waals surface area contributed by atoms with Crippen LogP contribution in [0.1, 0.15) is 35.1 Å². The summed E-state index contributed by atoms with van der Waals surface area (Å²) in [5, 5.41) is 7.91. The molecule has 4 nitrogen and oxygen atoms in total. The first-order valence-electron chi connectivity index (χ1n) is 11.8. The summed E-state index contributed by atoms with van der Waals surface area (Å²) in [6.45, 7) is 4.88. The third-order valence-electron chi connectivity index (χ3n) is 6.27. The number of amides is 1. The van der Waals surface area contributed by atoms with Crippen LogP contribution in [0.15, 0.2) is 79.0 Å². The number of rotatable bonds is 10. The standard InChI is InChI=1S/C29H33N3O/c1-21-11-10-12-22(2)28(21)32-29(33)27(19-24-20-31-26-17-7-6-16-25(24)26)30-18-9-8-15-23-13-4-3-5-14-23/h3-7,10-14,16-17,20,27,30-31H,8-9,15,18-19H2,1-2H3,(H,32,33). The lowest BCUT2D eigenvalue weighted by molar-refractivity contribution is -0.118. The molecule has 4 aromatic rings. The number of unbranched alkanes of at least 4 members (excludes halogenated alkanes) is 1. The third kappa shape index (κ3) is 5.91. The van der Waals surface area contributed by atoms with E-state index in [9.17, 15) is 4.79 Å². The van der Waals surface area contributed by atoms with Crippen molar-refractivity contribution in [3.63, 3.8) is 0 Å². The molecule has 0 fully saturated rings. The monoisotopic (exact) mass is 439 g/mol. The van der Waals surface area contributed by atoms with E-state index in [4.69, 9.17) is 0 Å². The van der Waals surface area contributed by atoms with Gasteiger partial charge in [-0.2, -0.15) is 0 Å². The van der Waals surface area contributed by atoms with Crippen LogP contribution in [0.3, 0.4) is 0 Å². The number of H-pyrrole nitrogens is 1. The van der Waals surface area contributed by atoms with E-state index < -0.39 is 0 Å². The number of carbonyl (C=O) groups is 1. The van der Waals surface area contributed by atoms with Crippen molar-refractivity contribution < 1.29 is 4.79 Å². The molecular formula is C29H33N3O. The van der Waals surface area contributed by atoms with Crippen molar-refractivity contribution >= 4 is 22.5 Å². The van der Waals surface area contributed by atoms with Gasteiger partial charge in [-0.1, -0.05) is 66.7 Å². The largest absolute Gasteiger partial charge is 0.361 e. The van der Waals surface area contributed by atoms with Crippen molar-refractivity contribution in [3.8, 4) is 0 Å². The quantitative estimate of drug-likeness (QED) is 0.268. The Balaban J connectivity index is 1.43. The highest BCUT2D eigenvalue weighted by Gasteiger charge is 2.21. The van der Waals surface area contributed by atoms with Crippen LogP contribution in [0.2, 0.25) is 0 Å². The SMILES string of the molecule is Cc1cccc(C)c1NC(=O)C(Cc1c[nH]c2ccccc12)NCCCCc1ccccc1. The van der Waals surface area contributed by atoms with Crippen LogP contribution >= 0.6 is 0 Å². The van der Waals surface area contributed by atoms with Crippen LogP contribution in [0.5, 0.6) is 0 Å². The number of hydrogen-bond acceptors (Lipinski definition) is 2. The van der Waals surface area contributed by atoms with Gasteiger partial charge in [-0.15, -0.1) is 0 Å². The van der Waals surface area contributed by atoms with Crippen molar-refractivity contribution in [1.82, 2.24) is 10.3 Å². The molecule has 170 valence electrons. The number of anilines is 1. The molecule has 3 aromatic carbocycles. The second-order valence-electron chi connectivity index (χ2n) is 8.77. The summed E-state index contributed by atoms with van der Waals surface area (Å²) < 4.78 is 0. The molecule has 0 spiro atoms. The number of fused-ring (bicyclic) bond motifs is 1. The topological polar surface area (TPSA) is 56.9 Å². The Morgan fingerprint density at radius 1 is 0.879 bits per heavy atom. The van der Waals surface area contributed by atoms with Crippen molar-refractivity contribution in [2.45, 2.75) is 45.6 Å². The molecule has 0 bridgehead atoms. The number of aryl methyl sites for hydroxylation is 3. The maximum Gasteiger partial charge on any atom is 0.241 e. The van der Waals surface area contributed by atoms with Gasteiger partial charge in [0.1, 0.15) is 0 Å². The Hall–Kier alpha value is -3.37. The molecule has 0 aliphatic heterocycles. The lowest BCUT2D eigenvalue weighted by atomic mass is 10.0. The molecule has 33 heavy (non-hydrogen) atoms. The molecule has 3 N–H and O–H groups in total. The highest BCUT2D eigenvalue weighted by Crippen LogP contribution is 2.22. The summed E-state index contributed by atoms with van der Waals surface area (Å²) in [7, 11) is 0. The Morgan fingerprint density at radius 2 is 1.61 bits per heavy atom. The van der Waals surface area contributed by atoms with E-state index in [0.29, 0.717) is 6.42 Å². The fraction of sp³-hybridized carbons (Fsp3) is 0.276. The summed E-state index contributed by atoms with van der Waals surface area (Å²) >= 11 is 0. The van der Waals surface area contributed by atoms with Gasteiger partial charge >= 0.3 is 0 Å². The first-order chi connectivity index (χ1) is 16.1. The van der Waals surface area contributed by atoms with Crippen molar-refractivity contribution in [1.29, 1.82) is 0 Å². The van der Waals surface area contributed by atoms with Crippen LogP contribution < -0.4 is 10.6 Å². The van der Waals surface area contributed by atoms with Gasteiger partial charge in [-0.25, -0.2) is 0 Å². The zero-order valence-electron chi connectivity index (χ0n) is 19.5. The van der Waals surface area contributed by atoms with E-state index in [1.165, 1.54) is 10.9 Å². The van der Waals surface area contributed by atoms with Gasteiger partial charge in [0.2, 0.25) is 5.91 Å². The minimum atomic E-state index is -0.306. The number of nitrogens with one attached hydrogen (secondary N) is 3. The van der Waals surface area contributed by atoms with E-state index in [1.807, 2.05) is 50.4 Å². The Morgan fingerprint density at radius 3 is 2.39 bits per heavy atom. The molecule has 0 saturated heterocycles. The summed E-state index contributed by atoms with van der Waals surface area (Å²) in [4.78, 5) is 16.7. The predicted molar refractivity (Wildman–Crippen MR) is 138 cm³/mol. The summed E-state index contributed by atoms with van der Waals surface area (Å²) in [5.74, 6) is 0.0146. The molecule has 1 unspecified atom stereocenters. The predicted octanol–water partition coefficient (Wildman–Crippen LogP) is 5.95. The molecule has 1 atom stereocenters. The van der Waals surface area contributed by atoms with Gasteiger partial charge in [-0.3, -0.25) is 4.79 Å². The number of para-hydroxylation sites is 2. The van der Waals surface area contributed by atoms with Crippen LogP contribution in [0.4, 0.5) is 5.69 Å². The fourth-order valence-electron chi connectivity index (χ4n) is 4.38. The molecule has 0 aliphatic carbocycles. The molecular weight excluding hydrogens is 406 g/mol. The first-order valence-corrected chi connectivity index (χ1v) is 11.8. The average Bonchev–Trinajstić information content (AvgIpc) is 3.24. The summed E-state index contributed by atoms with van der Waals surface area (Å²) in [6.07, 6.45) is 5.84. The van der Waals surface area contributed by atoms with Crippen LogP contribution in [-0.2, 0) is 17.6 Å². The van der Waals surface area contributed by atoms with Crippen LogP contribution in [0, 0.1) is 13.8 Å². The molecule has 1 aromatic heterocycles. The molecule has 0 saturated carbocycles. The van der Waals surface area contributed by atoms with Gasteiger partial charge < -0.3 is 15.6 Å². The smallest absolute Gasteiger partial charge is 0.241 e. The van der Waals surface area contributed by atoms with Gasteiger partial charge in [0.25, 0.3) is 0 Å². The normalized spacial score (nSPS) is 12.1. The highest BCUT2D eigenvalue weighted by molar-refractivity contribution is 5.97. The van der Waals surface area contributed by atoms with E-state index in [2.05, 4.69) is 58.1 Å². The van der Waals surface area contributed by atoms with Gasteiger partial charge in [0.05, 0.1) is 6.04 Å². The summed E-state index contributed by atoms with van der Waals surface area (Å²) in [6, 6.07) is 24.6. The molecule has 0 radical (unpaired) electrons. The maximum atomic E-state index is 13.4. The Bertz CT molecular complexity index is 1180. The number of hydrogen-bond donors (Lipinski definition) is 3. The molecule has 0 aliphatic rings. The van der Waals surface area contributed by atoms with Crippen molar-refractivity contribution in [2.75, 3.05) is 11.9 Å². The van der Waals surface area contributed by atoms with E-state index in [0.717, 1.165) is 53.7 Å². The molecule has 1 heterocycles. The molecule has 1 amide bonds. The van der Waals surface area contributed by atoms with E-state index in [1.54, 1.807) is 0 Å². The average molecular weight is 440 g/mol. The van der Waals surface area contributed by atoms with Crippen LogP contribution in [-0.4, -0.2) is 23.5 Å². The minimum absolute atomic E-state index is 0.0146. The number of carbonyl (C=O) groups excluding carboxylic acids is 1. The van der Waals surface area contributed by atoms with Gasteiger partial charge in [-0.05, 0) is 74.4 Å². The fourth-order valence-corrected chi connectivity index (χ4v) is 4.38. The molecule has 4 rings (SSSR count). The third-order valence-corrected chi connectivity index (χ3v) is 6.27. The second kappa shape index (κ2) is 11.0.